The van der Waals surface area contributed by atoms with Gasteiger partial charge in [-0.1, -0.05) is 65.2 Å². The Kier molecular flexibility index (Phi) is 15.8. The molecule has 152 valence electrons. The Morgan fingerprint density at radius 1 is 0.808 bits per heavy atom. The largest absolute Gasteiger partial charge is 0.467 e. The van der Waals surface area contributed by atoms with E-state index >= 15 is 0 Å². The van der Waals surface area contributed by atoms with Crippen LogP contribution in [0.1, 0.15) is 90.9 Å². The zero-order valence-electron chi connectivity index (χ0n) is 16.8. The normalized spacial score (nSPS) is 11.7. The number of hydrogen-bond donors (Lipinski definition) is 1. The molecule has 0 heterocycles. The minimum absolute atomic E-state index is 0.179. The highest BCUT2D eigenvalue weighted by atomic mass is 16.5. The van der Waals surface area contributed by atoms with Gasteiger partial charge in [-0.25, -0.2) is 4.79 Å². The minimum Gasteiger partial charge on any atom is -0.467 e. The average molecular weight is 372 g/mol. The van der Waals surface area contributed by atoms with Crippen LogP contribution in [-0.4, -0.2) is 37.6 Å². The third-order valence-electron chi connectivity index (χ3n) is 4.22. The van der Waals surface area contributed by atoms with E-state index in [1.807, 2.05) is 0 Å². The van der Waals surface area contributed by atoms with Crippen molar-refractivity contribution in [1.82, 2.24) is 5.32 Å². The van der Waals surface area contributed by atoms with E-state index in [4.69, 9.17) is 4.74 Å². The fourth-order valence-electron chi connectivity index (χ4n) is 2.59. The van der Waals surface area contributed by atoms with Gasteiger partial charge in [-0.05, 0) is 12.8 Å². The lowest BCUT2D eigenvalue weighted by Crippen LogP contribution is -2.45. The molecular formula is C20H37NO5. The third-order valence-corrected chi connectivity index (χ3v) is 4.22. The fraction of sp³-hybridized carbons (Fsp3) is 0.850. The summed E-state index contributed by atoms with van der Waals surface area (Å²) in [6, 6.07) is -0.938. The third kappa shape index (κ3) is 13.7. The molecule has 0 aromatic heterocycles. The second kappa shape index (κ2) is 16.9. The summed E-state index contributed by atoms with van der Waals surface area (Å²) >= 11 is 0. The molecule has 0 aromatic carbocycles. The maximum atomic E-state index is 12.0. The van der Waals surface area contributed by atoms with Crippen LogP contribution in [0, 0.1) is 0 Å². The van der Waals surface area contributed by atoms with Crippen LogP contribution in [-0.2, 0) is 23.9 Å². The Bertz CT molecular complexity index is 398. The Morgan fingerprint density at radius 2 is 1.35 bits per heavy atom. The molecule has 6 nitrogen and oxygen atoms in total. The second-order valence-corrected chi connectivity index (χ2v) is 6.65. The molecule has 0 aliphatic heterocycles. The molecule has 0 bridgehead atoms. The summed E-state index contributed by atoms with van der Waals surface area (Å²) in [6.45, 7) is 4.10. The number of ether oxygens (including phenoxy) is 2. The minimum atomic E-state index is -0.938. The first kappa shape index (κ1) is 24.4. The molecule has 1 atom stereocenters. The van der Waals surface area contributed by atoms with Crippen LogP contribution in [0.4, 0.5) is 0 Å². The van der Waals surface area contributed by atoms with E-state index in [0.717, 1.165) is 51.4 Å². The predicted molar refractivity (Wildman–Crippen MR) is 102 cm³/mol. The van der Waals surface area contributed by atoms with Crippen molar-refractivity contribution in [1.29, 1.82) is 0 Å². The number of carbonyl (C=O) groups is 3. The molecular weight excluding hydrogens is 334 g/mol. The molecule has 0 saturated carbocycles. The summed E-state index contributed by atoms with van der Waals surface area (Å²) in [5.41, 5.74) is 0. The molecule has 0 aliphatic carbocycles. The molecule has 1 amide bonds. The number of methoxy groups -OCH3 is 1. The smallest absolute Gasteiger partial charge is 0.331 e. The maximum Gasteiger partial charge on any atom is 0.331 e. The quantitative estimate of drug-likeness (QED) is 0.329. The van der Waals surface area contributed by atoms with Gasteiger partial charge in [-0.2, -0.15) is 0 Å². The molecule has 0 radical (unpaired) electrons. The van der Waals surface area contributed by atoms with E-state index in [1.165, 1.54) is 20.0 Å². The summed E-state index contributed by atoms with van der Waals surface area (Å²) < 4.78 is 9.82. The first-order valence-corrected chi connectivity index (χ1v) is 10.1. The second-order valence-electron chi connectivity index (χ2n) is 6.65. The Hall–Kier alpha value is -1.59. The molecule has 1 N–H and O–H groups in total. The van der Waals surface area contributed by atoms with Gasteiger partial charge in [-0.15, -0.1) is 0 Å². The van der Waals surface area contributed by atoms with Crippen molar-refractivity contribution in [3.05, 3.63) is 0 Å². The van der Waals surface area contributed by atoms with E-state index < -0.39 is 12.0 Å². The number of amides is 1. The summed E-state index contributed by atoms with van der Waals surface area (Å²) in [5, 5.41) is 2.61. The first-order chi connectivity index (χ1) is 12.5. The lowest BCUT2D eigenvalue weighted by molar-refractivity contribution is -0.152. The van der Waals surface area contributed by atoms with Crippen molar-refractivity contribution < 1.29 is 23.9 Å². The van der Waals surface area contributed by atoms with E-state index in [-0.39, 0.29) is 18.5 Å². The number of esters is 2. The molecule has 0 saturated heterocycles. The standard InChI is InChI=1S/C20H37NO5/c1-4-6-8-10-12-14-18(22)21-17(20(24)25-3)16-26-19(23)15-13-11-9-7-5-2/h17H,4-16H2,1-3H3,(H,21,22)/t17-/m0/s1. The molecule has 6 heteroatoms. The Morgan fingerprint density at radius 3 is 1.88 bits per heavy atom. The van der Waals surface area contributed by atoms with Crippen molar-refractivity contribution >= 4 is 17.8 Å². The van der Waals surface area contributed by atoms with Gasteiger partial charge < -0.3 is 14.8 Å². The van der Waals surface area contributed by atoms with Gasteiger partial charge in [0.15, 0.2) is 6.04 Å². The maximum absolute atomic E-state index is 12.0. The highest BCUT2D eigenvalue weighted by Crippen LogP contribution is 2.07. The van der Waals surface area contributed by atoms with Crippen molar-refractivity contribution in [2.75, 3.05) is 13.7 Å². The van der Waals surface area contributed by atoms with Gasteiger partial charge in [0.25, 0.3) is 0 Å². The molecule has 0 rings (SSSR count). The zero-order valence-corrected chi connectivity index (χ0v) is 16.8. The van der Waals surface area contributed by atoms with E-state index in [9.17, 15) is 14.4 Å². The number of unbranched alkanes of at least 4 members (excludes halogenated alkanes) is 8. The topological polar surface area (TPSA) is 81.7 Å². The van der Waals surface area contributed by atoms with E-state index in [2.05, 4.69) is 23.9 Å². The summed E-state index contributed by atoms with van der Waals surface area (Å²) in [4.78, 5) is 35.5. The van der Waals surface area contributed by atoms with Gasteiger partial charge in [0.2, 0.25) is 5.91 Å². The molecule has 0 spiro atoms. The lowest BCUT2D eigenvalue weighted by Gasteiger charge is -2.16. The van der Waals surface area contributed by atoms with Crippen molar-refractivity contribution in [2.24, 2.45) is 0 Å². The summed E-state index contributed by atoms with van der Waals surface area (Å²) in [5.74, 6) is -1.16. The monoisotopic (exact) mass is 371 g/mol. The summed E-state index contributed by atoms with van der Waals surface area (Å²) in [7, 11) is 1.25. The van der Waals surface area contributed by atoms with Gasteiger partial charge in [0.05, 0.1) is 7.11 Å². The van der Waals surface area contributed by atoms with Gasteiger partial charge in [0, 0.05) is 12.8 Å². The molecule has 0 unspecified atom stereocenters. The predicted octanol–water partition coefficient (Wildman–Crippen LogP) is 3.91. The molecule has 26 heavy (non-hydrogen) atoms. The van der Waals surface area contributed by atoms with Crippen LogP contribution in [0.15, 0.2) is 0 Å². The van der Waals surface area contributed by atoms with Gasteiger partial charge in [0.1, 0.15) is 6.61 Å². The van der Waals surface area contributed by atoms with Gasteiger partial charge in [-0.3, -0.25) is 9.59 Å². The number of rotatable bonds is 16. The highest BCUT2D eigenvalue weighted by Gasteiger charge is 2.23. The highest BCUT2D eigenvalue weighted by molar-refractivity contribution is 5.84. The van der Waals surface area contributed by atoms with Crippen molar-refractivity contribution in [3.8, 4) is 0 Å². The van der Waals surface area contributed by atoms with Crippen LogP contribution >= 0.6 is 0 Å². The van der Waals surface area contributed by atoms with Crippen molar-refractivity contribution in [3.63, 3.8) is 0 Å². The molecule has 0 aromatic rings. The van der Waals surface area contributed by atoms with Crippen LogP contribution < -0.4 is 5.32 Å². The number of nitrogens with one attached hydrogen (secondary N) is 1. The Balaban J connectivity index is 4.09. The first-order valence-electron chi connectivity index (χ1n) is 10.1. The van der Waals surface area contributed by atoms with Crippen LogP contribution in [0.5, 0.6) is 0 Å². The van der Waals surface area contributed by atoms with Crippen molar-refractivity contribution in [2.45, 2.75) is 96.9 Å². The molecule has 0 aliphatic rings. The number of carbonyl (C=O) groups excluding carboxylic acids is 3. The van der Waals surface area contributed by atoms with Crippen LogP contribution in [0.3, 0.4) is 0 Å². The summed E-state index contributed by atoms with van der Waals surface area (Å²) in [6.07, 6.45) is 11.1. The van der Waals surface area contributed by atoms with Crippen LogP contribution in [0.25, 0.3) is 0 Å². The number of hydrogen-bond acceptors (Lipinski definition) is 5. The molecule has 0 fully saturated rings. The van der Waals surface area contributed by atoms with Crippen LogP contribution in [0.2, 0.25) is 0 Å². The zero-order chi connectivity index (χ0) is 19.6. The Labute approximate surface area is 158 Å². The average Bonchev–Trinajstić information content (AvgIpc) is 2.64. The van der Waals surface area contributed by atoms with Gasteiger partial charge >= 0.3 is 11.9 Å². The SMILES string of the molecule is CCCCCCCC(=O)N[C@@H](COC(=O)CCCCCCC)C(=O)OC. The van der Waals surface area contributed by atoms with E-state index in [1.54, 1.807) is 0 Å². The van der Waals surface area contributed by atoms with E-state index in [0.29, 0.717) is 12.8 Å². The lowest BCUT2D eigenvalue weighted by atomic mass is 10.1. The fourth-order valence-corrected chi connectivity index (χ4v) is 2.59.